The lowest BCUT2D eigenvalue weighted by Crippen LogP contribution is -2.21. The van der Waals surface area contributed by atoms with Gasteiger partial charge in [0.25, 0.3) is 0 Å². The van der Waals surface area contributed by atoms with Crippen molar-refractivity contribution in [3.05, 3.63) is 28.8 Å². The second-order valence-corrected chi connectivity index (χ2v) is 5.08. The second kappa shape index (κ2) is 5.54. The predicted octanol–water partition coefficient (Wildman–Crippen LogP) is 3.16. The molecule has 0 N–H and O–H groups in total. The SMILES string of the molecule is COc1ccc2c(C)c1CN(C)CCCCC2. The third kappa shape index (κ3) is 2.81. The first-order valence-electron chi connectivity index (χ1n) is 6.56. The highest BCUT2D eigenvalue weighted by molar-refractivity contribution is 5.44. The summed E-state index contributed by atoms with van der Waals surface area (Å²) in [4.78, 5) is 2.40. The Balaban J connectivity index is 2.39. The van der Waals surface area contributed by atoms with Gasteiger partial charge in [-0.2, -0.15) is 0 Å². The van der Waals surface area contributed by atoms with Gasteiger partial charge in [0.1, 0.15) is 5.75 Å². The van der Waals surface area contributed by atoms with E-state index in [0.29, 0.717) is 0 Å². The van der Waals surface area contributed by atoms with Gasteiger partial charge in [0.2, 0.25) is 0 Å². The van der Waals surface area contributed by atoms with Crippen molar-refractivity contribution in [3.63, 3.8) is 0 Å². The molecule has 0 aromatic heterocycles. The first-order chi connectivity index (χ1) is 8.22. The molecule has 0 saturated carbocycles. The second-order valence-electron chi connectivity index (χ2n) is 5.08. The molecule has 0 aliphatic carbocycles. The minimum Gasteiger partial charge on any atom is -0.496 e. The Bertz CT molecular complexity index is 387. The molecule has 0 saturated heterocycles. The summed E-state index contributed by atoms with van der Waals surface area (Å²) in [5.41, 5.74) is 4.30. The number of fused-ring (bicyclic) bond motifs is 2. The molecule has 1 aliphatic rings. The maximum Gasteiger partial charge on any atom is 0.123 e. The zero-order valence-corrected chi connectivity index (χ0v) is 11.3. The van der Waals surface area contributed by atoms with Crippen molar-refractivity contribution in [1.82, 2.24) is 4.90 Å². The summed E-state index contributed by atoms with van der Waals surface area (Å²) in [6.07, 6.45) is 5.17. The minimum atomic E-state index is 1.00. The number of hydrogen-bond donors (Lipinski definition) is 0. The molecular formula is C15H23NO. The van der Waals surface area contributed by atoms with Crippen molar-refractivity contribution >= 4 is 0 Å². The van der Waals surface area contributed by atoms with E-state index in [1.807, 2.05) is 0 Å². The Morgan fingerprint density at radius 1 is 1.18 bits per heavy atom. The minimum absolute atomic E-state index is 1.00. The van der Waals surface area contributed by atoms with Crippen LogP contribution in [0.2, 0.25) is 0 Å². The lowest BCUT2D eigenvalue weighted by molar-refractivity contribution is 0.306. The van der Waals surface area contributed by atoms with Crippen LogP contribution in [0.3, 0.4) is 0 Å². The highest BCUT2D eigenvalue weighted by Gasteiger charge is 2.13. The predicted molar refractivity (Wildman–Crippen MR) is 71.6 cm³/mol. The summed E-state index contributed by atoms with van der Waals surface area (Å²) in [5.74, 6) is 1.04. The van der Waals surface area contributed by atoms with Crippen LogP contribution in [0.15, 0.2) is 12.1 Å². The first kappa shape index (κ1) is 12.4. The largest absolute Gasteiger partial charge is 0.496 e. The van der Waals surface area contributed by atoms with Crippen molar-refractivity contribution in [1.29, 1.82) is 0 Å². The monoisotopic (exact) mass is 233 g/mol. The van der Waals surface area contributed by atoms with E-state index in [4.69, 9.17) is 4.74 Å². The van der Waals surface area contributed by atoms with E-state index in [2.05, 4.69) is 31.0 Å². The van der Waals surface area contributed by atoms with Crippen LogP contribution >= 0.6 is 0 Å². The molecule has 2 bridgehead atoms. The number of methoxy groups -OCH3 is 1. The number of ether oxygens (including phenoxy) is 1. The van der Waals surface area contributed by atoms with Gasteiger partial charge in [0.05, 0.1) is 7.11 Å². The zero-order valence-electron chi connectivity index (χ0n) is 11.3. The van der Waals surface area contributed by atoms with Crippen molar-refractivity contribution in [2.24, 2.45) is 0 Å². The molecular weight excluding hydrogens is 210 g/mol. The molecule has 0 atom stereocenters. The van der Waals surface area contributed by atoms with Gasteiger partial charge in [-0.25, -0.2) is 0 Å². The van der Waals surface area contributed by atoms with E-state index in [1.54, 1.807) is 7.11 Å². The number of benzene rings is 1. The standard InChI is InChI=1S/C15H23NO/c1-12-13-7-5-4-6-10-16(2)11-14(12)15(17-3)9-8-13/h8-9H,4-7,10-11H2,1-3H3. The first-order valence-corrected chi connectivity index (χ1v) is 6.56. The molecule has 0 radical (unpaired) electrons. The van der Waals surface area contributed by atoms with Crippen LogP contribution in [-0.2, 0) is 13.0 Å². The molecule has 2 heteroatoms. The van der Waals surface area contributed by atoms with Crippen LogP contribution in [-0.4, -0.2) is 25.6 Å². The van der Waals surface area contributed by atoms with Crippen molar-refractivity contribution in [2.45, 2.75) is 39.2 Å². The zero-order chi connectivity index (χ0) is 12.3. The van der Waals surface area contributed by atoms with Crippen molar-refractivity contribution in [2.75, 3.05) is 20.7 Å². The topological polar surface area (TPSA) is 12.5 Å². The van der Waals surface area contributed by atoms with Gasteiger partial charge in [-0.15, -0.1) is 0 Å². The van der Waals surface area contributed by atoms with E-state index in [1.165, 1.54) is 48.9 Å². The lowest BCUT2D eigenvalue weighted by atomic mass is 9.95. The molecule has 0 spiro atoms. The highest BCUT2D eigenvalue weighted by Crippen LogP contribution is 2.28. The normalized spacial score (nSPS) is 17.8. The number of aryl methyl sites for hydroxylation is 1. The molecule has 0 unspecified atom stereocenters. The molecule has 17 heavy (non-hydrogen) atoms. The van der Waals surface area contributed by atoms with Crippen LogP contribution in [0.1, 0.15) is 36.0 Å². The Morgan fingerprint density at radius 2 is 2.00 bits per heavy atom. The van der Waals surface area contributed by atoms with E-state index in [-0.39, 0.29) is 0 Å². The van der Waals surface area contributed by atoms with E-state index < -0.39 is 0 Å². The average Bonchev–Trinajstić information content (AvgIpc) is 2.32. The summed E-state index contributed by atoms with van der Waals surface area (Å²) in [7, 11) is 3.97. The van der Waals surface area contributed by atoms with Crippen LogP contribution in [0.25, 0.3) is 0 Å². The van der Waals surface area contributed by atoms with Crippen LogP contribution in [0.4, 0.5) is 0 Å². The molecule has 1 aromatic rings. The molecule has 1 aromatic carbocycles. The third-order valence-electron chi connectivity index (χ3n) is 3.80. The highest BCUT2D eigenvalue weighted by atomic mass is 16.5. The van der Waals surface area contributed by atoms with E-state index in [9.17, 15) is 0 Å². The Hall–Kier alpha value is -1.02. The molecule has 0 fully saturated rings. The van der Waals surface area contributed by atoms with Gasteiger partial charge in [0.15, 0.2) is 0 Å². The maximum absolute atomic E-state index is 5.50. The quantitative estimate of drug-likeness (QED) is 0.739. The summed E-state index contributed by atoms with van der Waals surface area (Å²) < 4.78 is 5.50. The summed E-state index contributed by atoms with van der Waals surface area (Å²) in [6, 6.07) is 4.37. The molecule has 1 aliphatic heterocycles. The Morgan fingerprint density at radius 3 is 2.76 bits per heavy atom. The Kier molecular flexibility index (Phi) is 4.06. The summed E-state index contributed by atoms with van der Waals surface area (Å²) in [5, 5.41) is 0. The fourth-order valence-corrected chi connectivity index (χ4v) is 2.66. The molecule has 2 nitrogen and oxygen atoms in total. The molecule has 1 heterocycles. The van der Waals surface area contributed by atoms with E-state index in [0.717, 1.165) is 12.3 Å². The molecule has 94 valence electrons. The number of hydrogen-bond acceptors (Lipinski definition) is 2. The maximum atomic E-state index is 5.50. The van der Waals surface area contributed by atoms with Crippen molar-refractivity contribution in [3.8, 4) is 5.75 Å². The van der Waals surface area contributed by atoms with E-state index >= 15 is 0 Å². The van der Waals surface area contributed by atoms with Gasteiger partial charge >= 0.3 is 0 Å². The van der Waals surface area contributed by atoms with Crippen molar-refractivity contribution < 1.29 is 4.74 Å². The average molecular weight is 233 g/mol. The Labute approximate surface area is 105 Å². The fraction of sp³-hybridized carbons (Fsp3) is 0.600. The lowest BCUT2D eigenvalue weighted by Gasteiger charge is -2.23. The summed E-state index contributed by atoms with van der Waals surface area (Å²) >= 11 is 0. The number of rotatable bonds is 1. The number of nitrogens with zero attached hydrogens (tertiary/aromatic N) is 1. The third-order valence-corrected chi connectivity index (χ3v) is 3.80. The summed E-state index contributed by atoms with van der Waals surface area (Å²) in [6.45, 7) is 4.43. The van der Waals surface area contributed by atoms with Crippen LogP contribution in [0, 0.1) is 6.92 Å². The smallest absolute Gasteiger partial charge is 0.123 e. The fourth-order valence-electron chi connectivity index (χ4n) is 2.66. The van der Waals surface area contributed by atoms with Gasteiger partial charge in [-0.05, 0) is 57.0 Å². The van der Waals surface area contributed by atoms with Gasteiger partial charge in [-0.3, -0.25) is 0 Å². The van der Waals surface area contributed by atoms with Gasteiger partial charge < -0.3 is 9.64 Å². The van der Waals surface area contributed by atoms with Gasteiger partial charge in [0, 0.05) is 12.1 Å². The van der Waals surface area contributed by atoms with Gasteiger partial charge in [-0.1, -0.05) is 12.5 Å². The molecule has 2 rings (SSSR count). The van der Waals surface area contributed by atoms with Crippen LogP contribution < -0.4 is 4.74 Å². The van der Waals surface area contributed by atoms with Crippen LogP contribution in [0.5, 0.6) is 5.75 Å². The molecule has 0 amide bonds.